The Morgan fingerprint density at radius 3 is 2.31 bits per heavy atom. The number of carbonyl (C=O) groups excluding carboxylic acids is 2. The summed E-state index contributed by atoms with van der Waals surface area (Å²) in [6.07, 6.45) is 2.77. The summed E-state index contributed by atoms with van der Waals surface area (Å²) in [6.45, 7) is 5.90. The average molecular weight is 360 g/mol. The minimum Gasteiger partial charge on any atom is -0.445 e. The molecule has 0 spiro atoms. The lowest BCUT2D eigenvalue weighted by molar-refractivity contribution is 0.00476. The molecule has 2 bridgehead atoms. The van der Waals surface area contributed by atoms with Gasteiger partial charge in [-0.1, -0.05) is 30.3 Å². The van der Waals surface area contributed by atoms with Crippen molar-refractivity contribution in [1.29, 1.82) is 0 Å². The van der Waals surface area contributed by atoms with E-state index in [0.29, 0.717) is 0 Å². The first-order valence-corrected chi connectivity index (χ1v) is 9.30. The van der Waals surface area contributed by atoms with E-state index in [0.717, 1.165) is 31.2 Å². The molecule has 26 heavy (non-hydrogen) atoms. The number of benzene rings is 1. The van der Waals surface area contributed by atoms with E-state index in [-0.39, 0.29) is 30.8 Å². The third-order valence-electron chi connectivity index (χ3n) is 4.87. The maximum atomic E-state index is 12.5. The molecule has 2 saturated heterocycles. The Hall–Kier alpha value is -2.24. The molecule has 0 aromatic heterocycles. The zero-order valence-corrected chi connectivity index (χ0v) is 15.7. The molecule has 2 aliphatic rings. The van der Waals surface area contributed by atoms with Crippen LogP contribution in [0.3, 0.4) is 0 Å². The first-order valence-electron chi connectivity index (χ1n) is 9.30. The molecule has 1 aromatic rings. The lowest BCUT2D eigenvalue weighted by Crippen LogP contribution is -2.53. The van der Waals surface area contributed by atoms with Crippen LogP contribution in [0.5, 0.6) is 0 Å². The van der Waals surface area contributed by atoms with E-state index in [9.17, 15) is 9.59 Å². The van der Waals surface area contributed by atoms with Gasteiger partial charge in [0, 0.05) is 18.1 Å². The van der Waals surface area contributed by atoms with E-state index >= 15 is 0 Å². The molecule has 1 aromatic carbocycles. The van der Waals surface area contributed by atoms with Gasteiger partial charge in [-0.25, -0.2) is 9.59 Å². The molecule has 0 saturated carbocycles. The molecule has 0 radical (unpaired) electrons. The Balaban J connectivity index is 1.49. The van der Waals surface area contributed by atoms with Gasteiger partial charge in [-0.3, -0.25) is 0 Å². The van der Waals surface area contributed by atoms with Gasteiger partial charge in [0.2, 0.25) is 0 Å². The number of ether oxygens (including phenoxy) is 2. The lowest BCUT2D eigenvalue weighted by atomic mass is 9.98. The minimum absolute atomic E-state index is 0.0365. The molecule has 2 aliphatic heterocycles. The number of carbonyl (C=O) groups is 2. The third kappa shape index (κ3) is 4.68. The fraction of sp³-hybridized carbons (Fsp3) is 0.600. The number of rotatable bonds is 3. The van der Waals surface area contributed by atoms with Crippen LogP contribution in [0, 0.1) is 0 Å². The van der Waals surface area contributed by atoms with Gasteiger partial charge >= 0.3 is 12.2 Å². The predicted octanol–water partition coefficient (Wildman–Crippen LogP) is 3.84. The molecule has 2 fully saturated rings. The van der Waals surface area contributed by atoms with E-state index in [1.54, 1.807) is 0 Å². The van der Waals surface area contributed by atoms with Crippen LogP contribution >= 0.6 is 0 Å². The Morgan fingerprint density at radius 1 is 1.12 bits per heavy atom. The first-order chi connectivity index (χ1) is 12.3. The number of hydrogen-bond acceptors (Lipinski definition) is 4. The Labute approximate surface area is 154 Å². The standard InChI is InChI=1S/C20H28N2O4/c1-20(2,3)26-19(24)22-16-9-10-17(22)12-15(11-16)21-18(23)25-13-14-7-5-4-6-8-14/h4-8,15-17H,9-13H2,1-3H3,(H,21,23)/t15-,16+,17?/m1/s1. The van der Waals surface area contributed by atoms with Gasteiger partial charge in [0.05, 0.1) is 0 Å². The first kappa shape index (κ1) is 18.5. The van der Waals surface area contributed by atoms with Crippen molar-refractivity contribution in [2.24, 2.45) is 0 Å². The van der Waals surface area contributed by atoms with Gasteiger partial charge in [0.25, 0.3) is 0 Å². The molecule has 3 atom stereocenters. The van der Waals surface area contributed by atoms with E-state index < -0.39 is 11.7 Å². The predicted molar refractivity (Wildman–Crippen MR) is 97.7 cm³/mol. The van der Waals surface area contributed by atoms with Gasteiger partial charge < -0.3 is 19.7 Å². The summed E-state index contributed by atoms with van der Waals surface area (Å²) in [5, 5.41) is 2.96. The zero-order valence-electron chi connectivity index (χ0n) is 15.7. The molecular weight excluding hydrogens is 332 g/mol. The van der Waals surface area contributed by atoms with E-state index in [1.165, 1.54) is 0 Å². The quantitative estimate of drug-likeness (QED) is 0.889. The van der Waals surface area contributed by atoms with Crippen LogP contribution in [0.4, 0.5) is 9.59 Å². The number of nitrogens with zero attached hydrogens (tertiary/aromatic N) is 1. The molecule has 142 valence electrons. The molecule has 0 aliphatic carbocycles. The number of alkyl carbamates (subject to hydrolysis) is 1. The Kier molecular flexibility index (Phi) is 5.39. The van der Waals surface area contributed by atoms with E-state index in [4.69, 9.17) is 9.47 Å². The average Bonchev–Trinajstić information content (AvgIpc) is 2.84. The van der Waals surface area contributed by atoms with Gasteiger partial charge in [0.1, 0.15) is 12.2 Å². The number of hydrogen-bond donors (Lipinski definition) is 1. The second-order valence-electron chi connectivity index (χ2n) is 8.15. The summed E-state index contributed by atoms with van der Waals surface area (Å²) in [7, 11) is 0. The highest BCUT2D eigenvalue weighted by atomic mass is 16.6. The van der Waals surface area contributed by atoms with Crippen LogP contribution in [0.25, 0.3) is 0 Å². The van der Waals surface area contributed by atoms with Crippen LogP contribution in [0.1, 0.15) is 52.0 Å². The van der Waals surface area contributed by atoms with Gasteiger partial charge in [-0.15, -0.1) is 0 Å². The molecule has 1 unspecified atom stereocenters. The van der Waals surface area contributed by atoms with E-state index in [2.05, 4.69) is 5.32 Å². The smallest absolute Gasteiger partial charge is 0.410 e. The molecule has 1 N–H and O–H groups in total. The highest BCUT2D eigenvalue weighted by Crippen LogP contribution is 2.36. The van der Waals surface area contributed by atoms with Crippen molar-refractivity contribution < 1.29 is 19.1 Å². The molecule has 2 heterocycles. The lowest BCUT2D eigenvalue weighted by Gasteiger charge is -2.39. The summed E-state index contributed by atoms with van der Waals surface area (Å²) >= 11 is 0. The highest BCUT2D eigenvalue weighted by molar-refractivity contribution is 5.70. The maximum Gasteiger partial charge on any atom is 0.410 e. The molecule has 6 heteroatoms. The number of nitrogens with one attached hydrogen (secondary N) is 1. The van der Waals surface area contributed by atoms with Crippen molar-refractivity contribution in [3.8, 4) is 0 Å². The summed E-state index contributed by atoms with van der Waals surface area (Å²) in [4.78, 5) is 26.4. The molecular formula is C20H28N2O4. The van der Waals surface area contributed by atoms with Crippen LogP contribution in [-0.4, -0.2) is 40.8 Å². The van der Waals surface area contributed by atoms with Gasteiger partial charge in [-0.05, 0) is 52.0 Å². The number of amides is 2. The minimum atomic E-state index is -0.493. The fourth-order valence-corrected chi connectivity index (χ4v) is 3.84. The second kappa shape index (κ2) is 7.56. The van der Waals surface area contributed by atoms with Crippen LogP contribution in [0.15, 0.2) is 30.3 Å². The van der Waals surface area contributed by atoms with Crippen molar-refractivity contribution in [3.63, 3.8) is 0 Å². The normalized spacial score (nSPS) is 24.9. The second-order valence-corrected chi connectivity index (χ2v) is 8.15. The van der Waals surface area contributed by atoms with Crippen molar-refractivity contribution in [2.75, 3.05) is 0 Å². The van der Waals surface area contributed by atoms with E-state index in [1.807, 2.05) is 56.0 Å². The fourth-order valence-electron chi connectivity index (χ4n) is 3.84. The van der Waals surface area contributed by atoms with Crippen molar-refractivity contribution >= 4 is 12.2 Å². The Bertz CT molecular complexity index is 627. The molecule has 3 rings (SSSR count). The SMILES string of the molecule is CC(C)(C)OC(=O)N1C2CC[C@H]1C[C@@H](NC(=O)OCc1ccccc1)C2. The van der Waals surface area contributed by atoms with Crippen molar-refractivity contribution in [3.05, 3.63) is 35.9 Å². The molecule has 6 nitrogen and oxygen atoms in total. The maximum absolute atomic E-state index is 12.5. The largest absolute Gasteiger partial charge is 0.445 e. The van der Waals surface area contributed by atoms with Crippen molar-refractivity contribution in [2.45, 2.75) is 76.8 Å². The highest BCUT2D eigenvalue weighted by Gasteiger charge is 2.45. The van der Waals surface area contributed by atoms with Crippen LogP contribution < -0.4 is 5.32 Å². The van der Waals surface area contributed by atoms with Crippen molar-refractivity contribution in [1.82, 2.24) is 10.2 Å². The topological polar surface area (TPSA) is 67.9 Å². The monoisotopic (exact) mass is 360 g/mol. The summed E-state index contributed by atoms with van der Waals surface area (Å²) in [5.41, 5.74) is 0.467. The third-order valence-corrected chi connectivity index (χ3v) is 4.87. The van der Waals surface area contributed by atoms with Crippen LogP contribution in [0.2, 0.25) is 0 Å². The summed E-state index contributed by atoms with van der Waals surface area (Å²) < 4.78 is 10.8. The Morgan fingerprint density at radius 2 is 1.73 bits per heavy atom. The number of piperidine rings is 1. The summed E-state index contributed by atoms with van der Waals surface area (Å²) in [6, 6.07) is 9.90. The zero-order chi connectivity index (χ0) is 18.7. The summed E-state index contributed by atoms with van der Waals surface area (Å²) in [5.74, 6) is 0. The van der Waals surface area contributed by atoms with Gasteiger partial charge in [-0.2, -0.15) is 0 Å². The number of fused-ring (bicyclic) bond motifs is 2. The van der Waals surface area contributed by atoms with Gasteiger partial charge in [0.15, 0.2) is 0 Å². The molecule has 2 amide bonds. The van der Waals surface area contributed by atoms with Crippen LogP contribution in [-0.2, 0) is 16.1 Å².